The molecule has 0 bridgehead atoms. The van der Waals surface area contributed by atoms with Gasteiger partial charge in [0.25, 0.3) is 5.91 Å². The minimum atomic E-state index is -0.114. The molecule has 7 heteroatoms. The first-order valence-corrected chi connectivity index (χ1v) is 8.69. The summed E-state index contributed by atoms with van der Waals surface area (Å²) in [6.45, 7) is 4.76. The van der Waals surface area contributed by atoms with Crippen LogP contribution in [-0.4, -0.2) is 32.3 Å². The zero-order chi connectivity index (χ0) is 16.1. The highest BCUT2D eigenvalue weighted by Gasteiger charge is 2.19. The largest absolute Gasteiger partial charge is 0.328 e. The van der Waals surface area contributed by atoms with Crippen molar-refractivity contribution in [3.05, 3.63) is 64.6 Å². The molecular formula is C16H14N4OS2. The second kappa shape index (κ2) is 7.26. The fraction of sp³-hybridized carbons (Fsp3) is 0.125. The van der Waals surface area contributed by atoms with Crippen LogP contribution in [0.25, 0.3) is 10.8 Å². The standard InChI is InChI=1S/C16H14N4OS2/c1-2-8-20(10-12-5-3-9-22-12)16(21)13-11-23-15(19-13)14-17-6-4-7-18-14/h2-7,9,11H,1,8,10H2. The number of hydrogen-bond acceptors (Lipinski definition) is 6. The Kier molecular flexibility index (Phi) is 4.89. The third-order valence-corrected chi connectivity index (χ3v) is 4.74. The summed E-state index contributed by atoms with van der Waals surface area (Å²) in [4.78, 5) is 28.3. The number of thiazole rings is 1. The Morgan fingerprint density at radius 3 is 2.78 bits per heavy atom. The Morgan fingerprint density at radius 2 is 2.09 bits per heavy atom. The summed E-state index contributed by atoms with van der Waals surface area (Å²) in [6.07, 6.45) is 5.04. The maximum Gasteiger partial charge on any atom is 0.273 e. The van der Waals surface area contributed by atoms with Gasteiger partial charge < -0.3 is 4.90 Å². The number of carbonyl (C=O) groups is 1. The zero-order valence-electron chi connectivity index (χ0n) is 12.3. The van der Waals surface area contributed by atoms with Gasteiger partial charge in [-0.05, 0) is 17.5 Å². The lowest BCUT2D eigenvalue weighted by Crippen LogP contribution is -2.30. The molecule has 5 nitrogen and oxygen atoms in total. The Morgan fingerprint density at radius 1 is 1.26 bits per heavy atom. The average Bonchev–Trinajstić information content (AvgIpc) is 3.26. The minimum Gasteiger partial charge on any atom is -0.328 e. The van der Waals surface area contributed by atoms with Crippen LogP contribution < -0.4 is 0 Å². The predicted molar refractivity (Wildman–Crippen MR) is 92.4 cm³/mol. The Bertz CT molecular complexity index is 784. The van der Waals surface area contributed by atoms with Crippen molar-refractivity contribution in [1.29, 1.82) is 0 Å². The van der Waals surface area contributed by atoms with Crippen molar-refractivity contribution in [1.82, 2.24) is 19.9 Å². The van der Waals surface area contributed by atoms with E-state index >= 15 is 0 Å². The molecule has 0 saturated heterocycles. The van der Waals surface area contributed by atoms with E-state index in [1.165, 1.54) is 11.3 Å². The van der Waals surface area contributed by atoms with Crippen LogP contribution in [0, 0.1) is 0 Å². The highest BCUT2D eigenvalue weighted by Crippen LogP contribution is 2.21. The maximum absolute atomic E-state index is 12.7. The molecule has 3 aromatic rings. The number of nitrogens with zero attached hydrogens (tertiary/aromatic N) is 4. The molecule has 23 heavy (non-hydrogen) atoms. The molecular weight excluding hydrogens is 328 g/mol. The summed E-state index contributed by atoms with van der Waals surface area (Å²) < 4.78 is 0. The molecule has 0 atom stereocenters. The van der Waals surface area contributed by atoms with Gasteiger partial charge in [0.15, 0.2) is 10.8 Å². The summed E-state index contributed by atoms with van der Waals surface area (Å²) in [6, 6.07) is 5.73. The SMILES string of the molecule is C=CCN(Cc1cccs1)C(=O)c1csc(-c2ncccn2)n1. The molecule has 0 N–H and O–H groups in total. The fourth-order valence-corrected chi connectivity index (χ4v) is 3.47. The molecule has 0 aliphatic rings. The smallest absolute Gasteiger partial charge is 0.273 e. The van der Waals surface area contributed by atoms with Crippen molar-refractivity contribution in [2.45, 2.75) is 6.54 Å². The van der Waals surface area contributed by atoms with Crippen LogP contribution in [0.5, 0.6) is 0 Å². The molecule has 0 fully saturated rings. The van der Waals surface area contributed by atoms with Gasteiger partial charge in [0.2, 0.25) is 0 Å². The van der Waals surface area contributed by atoms with Crippen molar-refractivity contribution < 1.29 is 4.79 Å². The number of aromatic nitrogens is 3. The van der Waals surface area contributed by atoms with E-state index in [1.54, 1.807) is 46.2 Å². The summed E-state index contributed by atoms with van der Waals surface area (Å²) in [5.74, 6) is 0.418. The molecule has 0 aliphatic heterocycles. The van der Waals surface area contributed by atoms with Gasteiger partial charge in [-0.15, -0.1) is 29.3 Å². The van der Waals surface area contributed by atoms with Crippen molar-refractivity contribution in [2.75, 3.05) is 6.54 Å². The molecule has 0 aromatic carbocycles. The lowest BCUT2D eigenvalue weighted by atomic mass is 10.3. The van der Waals surface area contributed by atoms with Crippen LogP contribution in [0.1, 0.15) is 15.4 Å². The van der Waals surface area contributed by atoms with Gasteiger partial charge in [-0.25, -0.2) is 15.0 Å². The van der Waals surface area contributed by atoms with E-state index in [-0.39, 0.29) is 5.91 Å². The van der Waals surface area contributed by atoms with E-state index in [2.05, 4.69) is 21.5 Å². The van der Waals surface area contributed by atoms with Gasteiger partial charge >= 0.3 is 0 Å². The second-order valence-corrected chi connectivity index (χ2v) is 6.55. The van der Waals surface area contributed by atoms with Crippen LogP contribution in [0.3, 0.4) is 0 Å². The molecule has 3 rings (SSSR count). The Hall–Kier alpha value is -2.38. The number of hydrogen-bond donors (Lipinski definition) is 0. The maximum atomic E-state index is 12.7. The zero-order valence-corrected chi connectivity index (χ0v) is 13.9. The van der Waals surface area contributed by atoms with E-state index in [9.17, 15) is 4.79 Å². The summed E-state index contributed by atoms with van der Waals surface area (Å²) >= 11 is 2.99. The first-order valence-electron chi connectivity index (χ1n) is 6.93. The molecule has 116 valence electrons. The minimum absolute atomic E-state index is 0.114. The molecule has 3 aromatic heterocycles. The van der Waals surface area contributed by atoms with E-state index in [0.29, 0.717) is 29.6 Å². The van der Waals surface area contributed by atoms with Gasteiger partial charge in [0, 0.05) is 29.2 Å². The molecule has 0 aliphatic carbocycles. The van der Waals surface area contributed by atoms with E-state index in [0.717, 1.165) is 4.88 Å². The normalized spacial score (nSPS) is 10.4. The number of thiophene rings is 1. The molecule has 1 amide bonds. The van der Waals surface area contributed by atoms with E-state index < -0.39 is 0 Å². The van der Waals surface area contributed by atoms with Crippen LogP contribution in [0.15, 0.2) is 54.0 Å². The van der Waals surface area contributed by atoms with Gasteiger partial charge in [-0.1, -0.05) is 12.1 Å². The first-order chi connectivity index (χ1) is 11.3. The number of rotatable bonds is 6. The van der Waals surface area contributed by atoms with E-state index in [1.807, 2.05) is 17.5 Å². The van der Waals surface area contributed by atoms with Crippen molar-refractivity contribution in [3.8, 4) is 10.8 Å². The Labute approximate surface area is 142 Å². The van der Waals surface area contributed by atoms with Crippen molar-refractivity contribution >= 4 is 28.6 Å². The predicted octanol–water partition coefficient (Wildman–Crippen LogP) is 3.49. The average molecular weight is 342 g/mol. The highest BCUT2D eigenvalue weighted by molar-refractivity contribution is 7.13. The molecule has 3 heterocycles. The monoisotopic (exact) mass is 342 g/mol. The lowest BCUT2D eigenvalue weighted by molar-refractivity contribution is 0.0759. The number of carbonyl (C=O) groups excluding carboxylic acids is 1. The van der Waals surface area contributed by atoms with Gasteiger partial charge in [0.1, 0.15) is 5.69 Å². The lowest BCUT2D eigenvalue weighted by Gasteiger charge is -2.19. The highest BCUT2D eigenvalue weighted by atomic mass is 32.1. The topological polar surface area (TPSA) is 59.0 Å². The summed E-state index contributed by atoms with van der Waals surface area (Å²) in [7, 11) is 0. The van der Waals surface area contributed by atoms with Crippen LogP contribution >= 0.6 is 22.7 Å². The van der Waals surface area contributed by atoms with Gasteiger partial charge in [-0.2, -0.15) is 0 Å². The third kappa shape index (κ3) is 3.69. The Balaban J connectivity index is 1.80. The molecule has 0 spiro atoms. The number of amides is 1. The third-order valence-electron chi connectivity index (χ3n) is 3.04. The first kappa shape index (κ1) is 15.5. The molecule has 0 radical (unpaired) electrons. The van der Waals surface area contributed by atoms with Crippen molar-refractivity contribution in [3.63, 3.8) is 0 Å². The quantitative estimate of drug-likeness (QED) is 0.644. The molecule has 0 saturated carbocycles. The molecule has 0 unspecified atom stereocenters. The van der Waals surface area contributed by atoms with Crippen LogP contribution in [-0.2, 0) is 6.54 Å². The van der Waals surface area contributed by atoms with Gasteiger partial charge in [-0.3, -0.25) is 4.79 Å². The van der Waals surface area contributed by atoms with Crippen molar-refractivity contribution in [2.24, 2.45) is 0 Å². The second-order valence-electron chi connectivity index (χ2n) is 4.66. The fourth-order valence-electron chi connectivity index (χ4n) is 2.01. The van der Waals surface area contributed by atoms with E-state index in [4.69, 9.17) is 0 Å². The van der Waals surface area contributed by atoms with Gasteiger partial charge in [0.05, 0.1) is 6.54 Å². The summed E-state index contributed by atoms with van der Waals surface area (Å²) in [5, 5.41) is 4.39. The van der Waals surface area contributed by atoms with Crippen LogP contribution in [0.4, 0.5) is 0 Å². The summed E-state index contributed by atoms with van der Waals surface area (Å²) in [5.41, 5.74) is 0.413. The van der Waals surface area contributed by atoms with Crippen LogP contribution in [0.2, 0.25) is 0 Å².